The summed E-state index contributed by atoms with van der Waals surface area (Å²) in [4.78, 5) is 12.6. The van der Waals surface area contributed by atoms with E-state index in [1.165, 1.54) is 6.92 Å². The summed E-state index contributed by atoms with van der Waals surface area (Å²) < 4.78 is 23.8. The zero-order valence-electron chi connectivity index (χ0n) is 24.3. The summed E-state index contributed by atoms with van der Waals surface area (Å²) in [7, 11) is 1.57. The maximum atomic E-state index is 12.6. The lowest BCUT2D eigenvalue weighted by Gasteiger charge is -2.48. The molecule has 17 nitrogen and oxygen atoms in total. The second-order valence-corrected chi connectivity index (χ2v) is 11.2. The van der Waals surface area contributed by atoms with Gasteiger partial charge in [0.2, 0.25) is 6.29 Å². The lowest BCUT2D eigenvalue weighted by atomic mass is 9.83. The molecule has 3 aliphatic rings. The van der Waals surface area contributed by atoms with Gasteiger partial charge in [-0.2, -0.15) is 0 Å². The Bertz CT molecular complexity index is 887. The number of carbonyl (C=O) groups excluding carboxylic acids is 1. The van der Waals surface area contributed by atoms with Crippen LogP contribution in [-0.2, 0) is 18.9 Å². The van der Waals surface area contributed by atoms with Crippen LogP contribution in [0.5, 0.6) is 0 Å². The zero-order chi connectivity index (χ0) is 31.0. The van der Waals surface area contributed by atoms with Crippen LogP contribution in [0, 0.1) is 0 Å². The number of hydrogen-bond acceptors (Lipinski definition) is 15. The van der Waals surface area contributed by atoms with E-state index in [0.717, 1.165) is 6.42 Å². The molecule has 0 aromatic heterocycles. The van der Waals surface area contributed by atoms with Crippen molar-refractivity contribution in [1.29, 1.82) is 0 Å². The standard InChI is InChI=1S/C25H50N8O9/c1-25(37)12-39-23(18(35)21(25)30-2)42-20-16(32-24(36)33(38)9-7-27)10-15(29)19(17(20)34)41-22-14(28)5-4-13(40-22)11-31-8-3-6-26/h4,14-23,30-31,34-35,37-38H,3,5-12,26-29H2,1-2H3,(H,32,36)/t14-,15+,16-,17+,18-,19?,20+,21-,22-,23-,25+/m1/s1. The predicted molar refractivity (Wildman–Crippen MR) is 150 cm³/mol. The number of carbonyl (C=O) groups is 1. The van der Waals surface area contributed by atoms with Gasteiger partial charge < -0.3 is 73.2 Å². The normalized spacial score (nSPS) is 38.9. The highest BCUT2D eigenvalue weighted by molar-refractivity contribution is 5.73. The Morgan fingerprint density at radius 2 is 1.86 bits per heavy atom. The third kappa shape index (κ3) is 8.69. The van der Waals surface area contributed by atoms with E-state index in [1.54, 1.807) is 7.05 Å². The Balaban J connectivity index is 1.77. The number of amides is 2. The smallest absolute Gasteiger partial charge is 0.341 e. The number of aliphatic hydroxyl groups excluding tert-OH is 2. The molecule has 11 atom stereocenters. The van der Waals surface area contributed by atoms with Gasteiger partial charge in [-0.05, 0) is 52.4 Å². The molecule has 15 N–H and O–H groups in total. The molecule has 0 radical (unpaired) electrons. The van der Waals surface area contributed by atoms with Gasteiger partial charge in [0.25, 0.3) is 0 Å². The van der Waals surface area contributed by atoms with E-state index < -0.39 is 72.8 Å². The van der Waals surface area contributed by atoms with Gasteiger partial charge in [-0.25, -0.2) is 9.86 Å². The molecule has 3 rings (SSSR count). The fourth-order valence-electron chi connectivity index (χ4n) is 5.41. The molecule has 2 amide bonds. The fraction of sp³-hybridized carbons (Fsp3) is 0.880. The molecule has 2 fully saturated rings. The van der Waals surface area contributed by atoms with Crippen molar-refractivity contribution in [2.75, 3.05) is 46.4 Å². The minimum Gasteiger partial charge on any atom is -0.467 e. The van der Waals surface area contributed by atoms with Gasteiger partial charge >= 0.3 is 6.03 Å². The average molecular weight is 607 g/mol. The van der Waals surface area contributed by atoms with E-state index in [9.17, 15) is 25.3 Å². The van der Waals surface area contributed by atoms with Gasteiger partial charge in [0.1, 0.15) is 35.8 Å². The molecule has 0 aromatic carbocycles. The second kappa shape index (κ2) is 15.8. The number of urea groups is 1. The number of nitrogens with one attached hydrogen (secondary N) is 3. The molecule has 2 aliphatic heterocycles. The highest BCUT2D eigenvalue weighted by atomic mass is 16.7. The largest absolute Gasteiger partial charge is 0.467 e. The van der Waals surface area contributed by atoms with E-state index in [-0.39, 0.29) is 26.1 Å². The van der Waals surface area contributed by atoms with Crippen LogP contribution in [0.25, 0.3) is 0 Å². The lowest BCUT2D eigenvalue weighted by molar-refractivity contribution is -0.304. The summed E-state index contributed by atoms with van der Waals surface area (Å²) in [6.07, 6.45) is -4.12. The number of nitrogens with two attached hydrogens (primary N) is 4. The maximum Gasteiger partial charge on any atom is 0.341 e. The van der Waals surface area contributed by atoms with Crippen molar-refractivity contribution in [1.82, 2.24) is 21.0 Å². The zero-order valence-corrected chi connectivity index (χ0v) is 24.3. The van der Waals surface area contributed by atoms with Gasteiger partial charge in [-0.1, -0.05) is 0 Å². The van der Waals surface area contributed by atoms with Crippen molar-refractivity contribution in [3.63, 3.8) is 0 Å². The van der Waals surface area contributed by atoms with Crippen molar-refractivity contribution in [2.45, 2.75) is 93.0 Å². The van der Waals surface area contributed by atoms with Crippen LogP contribution in [0.2, 0.25) is 0 Å². The maximum absolute atomic E-state index is 12.6. The van der Waals surface area contributed by atoms with E-state index in [0.29, 0.717) is 36.9 Å². The van der Waals surface area contributed by atoms with E-state index in [2.05, 4.69) is 16.0 Å². The van der Waals surface area contributed by atoms with Crippen LogP contribution < -0.4 is 38.9 Å². The third-order valence-electron chi connectivity index (χ3n) is 7.72. The minimum atomic E-state index is -1.46. The SMILES string of the molecule is CN[C@@H]1[C@@H](O)[C@@H](O[C@H]2[C@H](NC(=O)N(O)CCN)C[C@H](N)C(O[C@H]3OC(CNCCCN)=CC[C@H]3N)[C@@H]2O)OC[C@]1(C)O. The fourth-order valence-corrected chi connectivity index (χ4v) is 5.41. The van der Waals surface area contributed by atoms with Crippen molar-refractivity contribution in [2.24, 2.45) is 22.9 Å². The van der Waals surface area contributed by atoms with Crippen molar-refractivity contribution in [3.8, 4) is 0 Å². The van der Waals surface area contributed by atoms with Crippen LogP contribution in [0.3, 0.4) is 0 Å². The quantitative estimate of drug-likeness (QED) is 0.0535. The molecule has 1 aliphatic carbocycles. The first kappa shape index (κ1) is 34.8. The molecule has 244 valence electrons. The van der Waals surface area contributed by atoms with E-state index in [1.807, 2.05) is 6.08 Å². The number of aliphatic hydroxyl groups is 3. The number of rotatable bonds is 13. The van der Waals surface area contributed by atoms with E-state index >= 15 is 0 Å². The van der Waals surface area contributed by atoms with Crippen LogP contribution in [0.4, 0.5) is 4.79 Å². The van der Waals surface area contributed by atoms with Crippen molar-refractivity contribution < 1.29 is 44.3 Å². The van der Waals surface area contributed by atoms with Gasteiger partial charge in [0, 0.05) is 12.6 Å². The average Bonchev–Trinajstić information content (AvgIpc) is 2.93. The van der Waals surface area contributed by atoms with Crippen molar-refractivity contribution >= 4 is 6.03 Å². The molecule has 0 spiro atoms. The van der Waals surface area contributed by atoms with Gasteiger partial charge in [0.05, 0.1) is 37.8 Å². The summed E-state index contributed by atoms with van der Waals surface area (Å²) in [5.41, 5.74) is 22.3. The summed E-state index contributed by atoms with van der Waals surface area (Å²) in [5.74, 6) is 0.627. The molecule has 42 heavy (non-hydrogen) atoms. The number of likely N-dealkylation sites (N-methyl/N-ethyl adjacent to an activating group) is 1. The number of hydroxylamine groups is 2. The second-order valence-electron chi connectivity index (χ2n) is 11.2. The molecule has 0 bridgehead atoms. The van der Waals surface area contributed by atoms with Crippen LogP contribution in [0.1, 0.15) is 26.2 Å². The summed E-state index contributed by atoms with van der Waals surface area (Å²) in [5, 5.41) is 52.2. The van der Waals surface area contributed by atoms with Gasteiger partial charge in [-0.15, -0.1) is 0 Å². The summed E-state index contributed by atoms with van der Waals surface area (Å²) in [6, 6.07) is -4.01. The highest BCUT2D eigenvalue weighted by Gasteiger charge is 2.51. The Hall–Kier alpha value is -1.71. The lowest BCUT2D eigenvalue weighted by Crippen LogP contribution is -2.69. The van der Waals surface area contributed by atoms with Crippen molar-refractivity contribution in [3.05, 3.63) is 11.8 Å². The predicted octanol–water partition coefficient (Wildman–Crippen LogP) is -4.47. The Morgan fingerprint density at radius 3 is 2.52 bits per heavy atom. The topological polar surface area (TPSA) is 278 Å². The van der Waals surface area contributed by atoms with Crippen LogP contribution >= 0.6 is 0 Å². The number of ether oxygens (including phenoxy) is 4. The van der Waals surface area contributed by atoms with Crippen LogP contribution in [0.15, 0.2) is 11.8 Å². The Morgan fingerprint density at radius 1 is 1.14 bits per heavy atom. The molecule has 2 heterocycles. The van der Waals surface area contributed by atoms with Gasteiger partial charge in [-0.3, -0.25) is 5.21 Å². The Labute approximate surface area is 245 Å². The number of nitrogens with zero attached hydrogens (tertiary/aromatic N) is 1. The van der Waals surface area contributed by atoms with Gasteiger partial charge in [0.15, 0.2) is 6.29 Å². The summed E-state index contributed by atoms with van der Waals surface area (Å²) in [6.45, 7) is 2.92. The Kier molecular flexibility index (Phi) is 13.1. The third-order valence-corrected chi connectivity index (χ3v) is 7.72. The molecule has 1 unspecified atom stereocenters. The number of hydrogen-bond donors (Lipinski definition) is 11. The molecule has 17 heteroatoms. The van der Waals surface area contributed by atoms with Crippen LogP contribution in [-0.4, -0.2) is 145 Å². The first-order valence-corrected chi connectivity index (χ1v) is 14.4. The highest BCUT2D eigenvalue weighted by Crippen LogP contribution is 2.32. The van der Waals surface area contributed by atoms with E-state index in [4.69, 9.17) is 41.9 Å². The summed E-state index contributed by atoms with van der Waals surface area (Å²) >= 11 is 0. The minimum absolute atomic E-state index is 0.0145. The molecular weight excluding hydrogens is 556 g/mol. The molecule has 0 aromatic rings. The first-order valence-electron chi connectivity index (χ1n) is 14.4. The monoisotopic (exact) mass is 606 g/mol. The molecule has 1 saturated carbocycles. The molecular formula is C25H50N8O9. The first-order chi connectivity index (χ1) is 19.9. The molecule has 1 saturated heterocycles.